The summed E-state index contributed by atoms with van der Waals surface area (Å²) in [5, 5.41) is 14.2. The zero-order chi connectivity index (χ0) is 20.1. The second-order valence-electron chi connectivity index (χ2n) is 5.99. The van der Waals surface area contributed by atoms with Crippen LogP contribution in [0.3, 0.4) is 0 Å². The van der Waals surface area contributed by atoms with Gasteiger partial charge in [0.2, 0.25) is 0 Å². The standard InChI is InChI=1S/C19H16FN3O5/c20-13-6-7-16(17(9-13)23(26)27)22-18(24)11-28-19(25)8-5-12-10-21-15-4-2-1-3-14(12)15/h1-4,6-7,9-10,21H,5,8,11H2,(H,22,24). The number of rotatable bonds is 7. The van der Waals surface area contributed by atoms with Gasteiger partial charge in [0.15, 0.2) is 6.61 Å². The molecule has 0 aliphatic rings. The van der Waals surface area contributed by atoms with Gasteiger partial charge in [-0.05, 0) is 30.2 Å². The summed E-state index contributed by atoms with van der Waals surface area (Å²) >= 11 is 0. The third-order valence-electron chi connectivity index (χ3n) is 4.07. The van der Waals surface area contributed by atoms with Gasteiger partial charge in [-0.2, -0.15) is 0 Å². The lowest BCUT2D eigenvalue weighted by Gasteiger charge is -2.07. The number of benzene rings is 2. The Kier molecular flexibility index (Phi) is 5.64. The molecule has 0 bridgehead atoms. The van der Waals surface area contributed by atoms with Crippen molar-refractivity contribution in [3.8, 4) is 0 Å². The van der Waals surface area contributed by atoms with Crippen LogP contribution < -0.4 is 5.32 Å². The van der Waals surface area contributed by atoms with Gasteiger partial charge in [0.25, 0.3) is 11.6 Å². The number of nitro benzene ring substituents is 1. The van der Waals surface area contributed by atoms with E-state index in [1.165, 1.54) is 0 Å². The van der Waals surface area contributed by atoms with Crippen LogP contribution in [0.1, 0.15) is 12.0 Å². The second kappa shape index (κ2) is 8.30. The number of halogens is 1. The van der Waals surface area contributed by atoms with Crippen molar-refractivity contribution in [2.75, 3.05) is 11.9 Å². The Balaban J connectivity index is 1.51. The van der Waals surface area contributed by atoms with Crippen LogP contribution in [0, 0.1) is 15.9 Å². The van der Waals surface area contributed by atoms with E-state index in [9.17, 15) is 24.1 Å². The molecule has 28 heavy (non-hydrogen) atoms. The minimum atomic E-state index is -0.814. The van der Waals surface area contributed by atoms with Crippen LogP contribution in [0.15, 0.2) is 48.7 Å². The van der Waals surface area contributed by atoms with E-state index < -0.39 is 34.9 Å². The quantitative estimate of drug-likeness (QED) is 0.368. The van der Waals surface area contributed by atoms with E-state index in [2.05, 4.69) is 10.3 Å². The van der Waals surface area contributed by atoms with Gasteiger partial charge in [-0.25, -0.2) is 4.39 Å². The lowest BCUT2D eigenvalue weighted by atomic mass is 10.1. The molecule has 0 spiro atoms. The topological polar surface area (TPSA) is 114 Å². The van der Waals surface area contributed by atoms with Gasteiger partial charge in [0, 0.05) is 23.5 Å². The number of carbonyl (C=O) groups excluding carboxylic acids is 2. The van der Waals surface area contributed by atoms with Gasteiger partial charge in [-0.3, -0.25) is 19.7 Å². The highest BCUT2D eigenvalue weighted by Crippen LogP contribution is 2.25. The van der Waals surface area contributed by atoms with E-state index >= 15 is 0 Å². The van der Waals surface area contributed by atoms with Crippen LogP contribution in [-0.2, 0) is 20.7 Å². The highest BCUT2D eigenvalue weighted by molar-refractivity contribution is 5.94. The first-order chi connectivity index (χ1) is 13.4. The molecule has 0 atom stereocenters. The van der Waals surface area contributed by atoms with E-state index in [0.717, 1.165) is 28.6 Å². The molecule has 0 fully saturated rings. The fraction of sp³-hybridized carbons (Fsp3) is 0.158. The predicted octanol–water partition coefficient (Wildman–Crippen LogP) is 3.33. The molecule has 1 aromatic heterocycles. The second-order valence-corrected chi connectivity index (χ2v) is 5.99. The minimum Gasteiger partial charge on any atom is -0.456 e. The van der Waals surface area contributed by atoms with Crippen LogP contribution in [-0.4, -0.2) is 28.4 Å². The first-order valence-corrected chi connectivity index (χ1v) is 8.38. The molecule has 1 amide bonds. The average Bonchev–Trinajstić information content (AvgIpc) is 3.09. The maximum absolute atomic E-state index is 13.1. The molecular weight excluding hydrogens is 369 g/mol. The fourth-order valence-electron chi connectivity index (χ4n) is 2.74. The number of H-pyrrole nitrogens is 1. The number of hydrogen-bond acceptors (Lipinski definition) is 5. The van der Waals surface area contributed by atoms with Crippen molar-refractivity contribution in [2.45, 2.75) is 12.8 Å². The molecule has 3 aromatic rings. The number of nitrogens with zero attached hydrogens (tertiary/aromatic N) is 1. The maximum Gasteiger partial charge on any atom is 0.306 e. The summed E-state index contributed by atoms with van der Waals surface area (Å²) in [6.45, 7) is -0.596. The molecule has 2 aromatic carbocycles. The monoisotopic (exact) mass is 385 g/mol. The van der Waals surface area contributed by atoms with Gasteiger partial charge in [0.1, 0.15) is 11.5 Å². The molecule has 0 saturated heterocycles. The summed E-state index contributed by atoms with van der Waals surface area (Å²) in [4.78, 5) is 37.0. The maximum atomic E-state index is 13.1. The number of aryl methyl sites for hydroxylation is 1. The van der Waals surface area contributed by atoms with Crippen molar-refractivity contribution in [3.63, 3.8) is 0 Å². The van der Waals surface area contributed by atoms with Crippen LogP contribution in [0.4, 0.5) is 15.8 Å². The zero-order valence-electron chi connectivity index (χ0n) is 14.6. The number of nitro groups is 1. The average molecular weight is 385 g/mol. The van der Waals surface area contributed by atoms with Crippen LogP contribution in [0.5, 0.6) is 0 Å². The normalized spacial score (nSPS) is 10.6. The van der Waals surface area contributed by atoms with Gasteiger partial charge in [0.05, 0.1) is 11.0 Å². The Morgan fingerprint density at radius 1 is 1.21 bits per heavy atom. The Labute approximate surface area is 158 Å². The third-order valence-corrected chi connectivity index (χ3v) is 4.07. The molecule has 8 nitrogen and oxygen atoms in total. The third kappa shape index (κ3) is 4.50. The molecular formula is C19H16FN3O5. The molecule has 2 N–H and O–H groups in total. The largest absolute Gasteiger partial charge is 0.456 e. The fourth-order valence-corrected chi connectivity index (χ4v) is 2.74. The van der Waals surface area contributed by atoms with Gasteiger partial charge in [-0.1, -0.05) is 18.2 Å². The van der Waals surface area contributed by atoms with Crippen molar-refractivity contribution in [2.24, 2.45) is 0 Å². The van der Waals surface area contributed by atoms with Crippen LogP contribution >= 0.6 is 0 Å². The number of hydrogen-bond donors (Lipinski definition) is 2. The van der Waals surface area contributed by atoms with E-state index in [1.54, 1.807) is 0 Å². The van der Waals surface area contributed by atoms with E-state index in [1.807, 2.05) is 30.5 Å². The number of aromatic nitrogens is 1. The Hall–Kier alpha value is -3.75. The van der Waals surface area contributed by atoms with Crippen LogP contribution in [0.25, 0.3) is 10.9 Å². The van der Waals surface area contributed by atoms with Gasteiger partial charge < -0.3 is 15.0 Å². The summed E-state index contributed by atoms with van der Waals surface area (Å²) < 4.78 is 18.0. The molecule has 144 valence electrons. The number of ether oxygens (including phenoxy) is 1. The summed E-state index contributed by atoms with van der Waals surface area (Å²) in [7, 11) is 0. The molecule has 0 saturated carbocycles. The highest BCUT2D eigenvalue weighted by Gasteiger charge is 2.18. The van der Waals surface area contributed by atoms with Gasteiger partial charge >= 0.3 is 5.97 Å². The first kappa shape index (κ1) is 19.0. The first-order valence-electron chi connectivity index (χ1n) is 8.38. The van der Waals surface area contributed by atoms with Gasteiger partial charge in [-0.15, -0.1) is 0 Å². The summed E-state index contributed by atoms with van der Waals surface area (Å²) in [6, 6.07) is 10.4. The van der Waals surface area contributed by atoms with Crippen molar-refractivity contribution in [1.29, 1.82) is 0 Å². The van der Waals surface area contributed by atoms with Crippen molar-refractivity contribution in [1.82, 2.24) is 4.98 Å². The summed E-state index contributed by atoms with van der Waals surface area (Å²) in [5.74, 6) is -2.13. The molecule has 0 aliphatic heterocycles. The number of amides is 1. The number of anilines is 1. The number of para-hydroxylation sites is 1. The summed E-state index contributed by atoms with van der Waals surface area (Å²) in [5.41, 5.74) is 1.16. The van der Waals surface area contributed by atoms with Crippen molar-refractivity contribution < 1.29 is 23.6 Å². The molecule has 3 rings (SSSR count). The summed E-state index contributed by atoms with van der Waals surface area (Å²) in [6.07, 6.45) is 2.33. The Morgan fingerprint density at radius 2 is 2.00 bits per heavy atom. The van der Waals surface area contributed by atoms with E-state index in [4.69, 9.17) is 4.74 Å². The Morgan fingerprint density at radius 3 is 2.79 bits per heavy atom. The minimum absolute atomic E-state index is 0.0752. The van der Waals surface area contributed by atoms with Crippen LogP contribution in [0.2, 0.25) is 0 Å². The zero-order valence-corrected chi connectivity index (χ0v) is 14.6. The highest BCUT2D eigenvalue weighted by atomic mass is 19.1. The number of carbonyl (C=O) groups is 2. The number of fused-ring (bicyclic) bond motifs is 1. The van der Waals surface area contributed by atoms with E-state index in [-0.39, 0.29) is 12.1 Å². The van der Waals surface area contributed by atoms with Crippen molar-refractivity contribution in [3.05, 3.63) is 70.2 Å². The van der Waals surface area contributed by atoms with E-state index in [0.29, 0.717) is 12.5 Å². The number of nitrogens with one attached hydrogen (secondary N) is 2. The molecule has 1 heterocycles. The lowest BCUT2D eigenvalue weighted by Crippen LogP contribution is -2.21. The lowest BCUT2D eigenvalue weighted by molar-refractivity contribution is -0.384. The predicted molar refractivity (Wildman–Crippen MR) is 99.3 cm³/mol. The Bertz CT molecular complexity index is 1050. The number of aromatic amines is 1. The van der Waals surface area contributed by atoms with Crippen molar-refractivity contribution >= 4 is 34.2 Å². The molecule has 0 aliphatic carbocycles. The molecule has 0 unspecified atom stereocenters. The molecule has 9 heteroatoms. The SMILES string of the molecule is O=C(COC(=O)CCc1c[nH]c2ccccc12)Nc1ccc(F)cc1[N+](=O)[O-]. The molecule has 0 radical (unpaired) electrons. The number of esters is 1. The smallest absolute Gasteiger partial charge is 0.306 e.